The smallest absolute Gasteiger partial charge is 0.229 e. The van der Waals surface area contributed by atoms with Gasteiger partial charge in [-0.05, 0) is 50.6 Å². The molecule has 4 rings (SSSR count). The summed E-state index contributed by atoms with van der Waals surface area (Å²) in [6.45, 7) is 4.43. The molecule has 0 amide bonds. The Morgan fingerprint density at radius 2 is 1.90 bits per heavy atom. The number of benzene rings is 2. The summed E-state index contributed by atoms with van der Waals surface area (Å²) in [5, 5.41) is 0. The van der Waals surface area contributed by atoms with Crippen molar-refractivity contribution in [3.63, 3.8) is 0 Å². The van der Waals surface area contributed by atoms with Crippen LogP contribution in [0.15, 0.2) is 46.9 Å². The first-order chi connectivity index (χ1) is 14.5. The first-order valence-corrected chi connectivity index (χ1v) is 10.0. The lowest BCUT2D eigenvalue weighted by Gasteiger charge is -2.32. The number of aromatic nitrogens is 1. The van der Waals surface area contributed by atoms with Gasteiger partial charge < -0.3 is 9.15 Å². The summed E-state index contributed by atoms with van der Waals surface area (Å²) in [4.78, 5) is 6.64. The van der Waals surface area contributed by atoms with Crippen molar-refractivity contribution in [3.05, 3.63) is 71.4 Å². The van der Waals surface area contributed by atoms with Crippen LogP contribution >= 0.6 is 0 Å². The molecule has 1 saturated heterocycles. The molecule has 1 unspecified atom stereocenters. The number of piperidine rings is 1. The molecule has 0 aliphatic carbocycles. The van der Waals surface area contributed by atoms with Crippen LogP contribution < -0.4 is 4.74 Å². The first kappa shape index (κ1) is 20.5. The van der Waals surface area contributed by atoms with Crippen molar-refractivity contribution in [1.82, 2.24) is 9.88 Å². The van der Waals surface area contributed by atoms with Gasteiger partial charge in [-0.3, -0.25) is 4.90 Å². The summed E-state index contributed by atoms with van der Waals surface area (Å²) >= 11 is 0. The number of nitrogens with zero attached hydrogens (tertiary/aromatic N) is 2. The highest BCUT2D eigenvalue weighted by Gasteiger charge is 2.24. The van der Waals surface area contributed by atoms with Crippen LogP contribution in [0.3, 0.4) is 0 Å². The van der Waals surface area contributed by atoms with Gasteiger partial charge in [0.1, 0.15) is 5.76 Å². The van der Waals surface area contributed by atoms with Gasteiger partial charge in [0.05, 0.1) is 17.9 Å². The number of likely N-dealkylation sites (tertiary alicyclic amines) is 1. The monoisotopic (exact) mass is 416 g/mol. The zero-order chi connectivity index (χ0) is 21.1. The molecule has 1 aliphatic rings. The zero-order valence-electron chi connectivity index (χ0n) is 16.7. The van der Waals surface area contributed by atoms with Crippen LogP contribution in [-0.2, 0) is 6.54 Å². The second kappa shape index (κ2) is 8.92. The standard InChI is InChI=1S/C23H23F3N2O2/c1-15-20(27-23(30-15)17-7-4-9-19(25)22(17)26)13-28-11-5-6-16(12-28)14-29-21-10-3-2-8-18(21)24/h2-4,7-10,16H,5-6,11-14H2,1H3. The molecule has 158 valence electrons. The number of aryl methyl sites for hydroxylation is 1. The largest absolute Gasteiger partial charge is 0.490 e. The highest BCUT2D eigenvalue weighted by Crippen LogP contribution is 2.27. The van der Waals surface area contributed by atoms with Gasteiger partial charge in [-0.15, -0.1) is 0 Å². The van der Waals surface area contributed by atoms with Gasteiger partial charge in [0.25, 0.3) is 0 Å². The van der Waals surface area contributed by atoms with E-state index in [1.807, 2.05) is 0 Å². The minimum atomic E-state index is -0.964. The van der Waals surface area contributed by atoms with Gasteiger partial charge in [-0.1, -0.05) is 18.2 Å². The van der Waals surface area contributed by atoms with Crippen molar-refractivity contribution in [2.45, 2.75) is 26.3 Å². The van der Waals surface area contributed by atoms with Crippen LogP contribution in [-0.4, -0.2) is 29.6 Å². The van der Waals surface area contributed by atoms with Crippen molar-refractivity contribution in [1.29, 1.82) is 0 Å². The van der Waals surface area contributed by atoms with E-state index in [0.717, 1.165) is 32.0 Å². The molecular weight excluding hydrogens is 393 g/mol. The molecule has 2 heterocycles. The Morgan fingerprint density at radius 3 is 2.73 bits per heavy atom. The SMILES string of the molecule is Cc1oc(-c2cccc(F)c2F)nc1CN1CCCC(COc2ccccc2F)C1. The van der Waals surface area contributed by atoms with E-state index < -0.39 is 11.6 Å². The summed E-state index contributed by atoms with van der Waals surface area (Å²) < 4.78 is 52.6. The van der Waals surface area contributed by atoms with E-state index in [1.54, 1.807) is 25.1 Å². The highest BCUT2D eigenvalue weighted by atomic mass is 19.2. The van der Waals surface area contributed by atoms with Crippen molar-refractivity contribution in [2.24, 2.45) is 5.92 Å². The van der Waals surface area contributed by atoms with E-state index in [9.17, 15) is 13.2 Å². The molecule has 0 bridgehead atoms. The third kappa shape index (κ3) is 4.51. The van der Waals surface area contributed by atoms with E-state index in [2.05, 4.69) is 9.88 Å². The molecule has 1 fully saturated rings. The van der Waals surface area contributed by atoms with E-state index in [4.69, 9.17) is 9.15 Å². The average Bonchev–Trinajstić information content (AvgIpc) is 3.10. The molecule has 2 aromatic carbocycles. The van der Waals surface area contributed by atoms with E-state index >= 15 is 0 Å². The van der Waals surface area contributed by atoms with Crippen molar-refractivity contribution >= 4 is 0 Å². The number of halogens is 3. The highest BCUT2D eigenvalue weighted by molar-refractivity contribution is 5.54. The van der Waals surface area contributed by atoms with Crippen LogP contribution in [0.25, 0.3) is 11.5 Å². The Hall–Kier alpha value is -2.80. The van der Waals surface area contributed by atoms with Crippen LogP contribution in [0.4, 0.5) is 13.2 Å². The molecule has 1 aliphatic heterocycles. The summed E-state index contributed by atoms with van der Waals surface area (Å²) in [6.07, 6.45) is 2.00. The van der Waals surface area contributed by atoms with E-state index in [0.29, 0.717) is 24.6 Å². The number of para-hydroxylation sites is 1. The number of rotatable bonds is 6. The molecule has 4 nitrogen and oxygen atoms in total. The maximum absolute atomic E-state index is 14.1. The third-order valence-electron chi connectivity index (χ3n) is 5.36. The molecule has 1 atom stereocenters. The summed E-state index contributed by atoms with van der Waals surface area (Å²) in [7, 11) is 0. The molecule has 30 heavy (non-hydrogen) atoms. The minimum absolute atomic E-state index is 0.0131. The number of ether oxygens (including phenoxy) is 1. The molecule has 0 spiro atoms. The fourth-order valence-electron chi connectivity index (χ4n) is 3.77. The number of hydrogen-bond acceptors (Lipinski definition) is 4. The lowest BCUT2D eigenvalue weighted by atomic mass is 9.99. The Bertz CT molecular complexity index is 1020. The molecule has 7 heteroatoms. The van der Waals surface area contributed by atoms with Crippen LogP contribution in [0, 0.1) is 30.3 Å². The molecule has 0 saturated carbocycles. The zero-order valence-corrected chi connectivity index (χ0v) is 16.7. The van der Waals surface area contributed by atoms with Crippen molar-refractivity contribution in [3.8, 4) is 17.2 Å². The topological polar surface area (TPSA) is 38.5 Å². The minimum Gasteiger partial charge on any atom is -0.490 e. The van der Waals surface area contributed by atoms with Crippen LogP contribution in [0.2, 0.25) is 0 Å². The number of oxazole rings is 1. The van der Waals surface area contributed by atoms with Gasteiger partial charge in [0.2, 0.25) is 5.89 Å². The Balaban J connectivity index is 1.40. The lowest BCUT2D eigenvalue weighted by Crippen LogP contribution is -2.37. The molecule has 3 aromatic rings. The third-order valence-corrected chi connectivity index (χ3v) is 5.36. The Kier molecular flexibility index (Phi) is 6.08. The quantitative estimate of drug-likeness (QED) is 0.542. The van der Waals surface area contributed by atoms with Gasteiger partial charge in [-0.2, -0.15) is 0 Å². The maximum Gasteiger partial charge on any atom is 0.229 e. The first-order valence-electron chi connectivity index (χ1n) is 10.0. The second-order valence-corrected chi connectivity index (χ2v) is 7.61. The van der Waals surface area contributed by atoms with E-state index in [-0.39, 0.29) is 28.9 Å². The lowest BCUT2D eigenvalue weighted by molar-refractivity contribution is 0.122. The molecular formula is C23H23F3N2O2. The fraction of sp³-hybridized carbons (Fsp3) is 0.348. The second-order valence-electron chi connectivity index (χ2n) is 7.61. The summed E-state index contributed by atoms with van der Waals surface area (Å²) in [6, 6.07) is 10.3. The Labute approximate surface area is 173 Å². The van der Waals surface area contributed by atoms with Crippen LogP contribution in [0.1, 0.15) is 24.3 Å². The summed E-state index contributed by atoms with van der Waals surface area (Å²) in [5.41, 5.74) is 0.712. The fourth-order valence-corrected chi connectivity index (χ4v) is 3.77. The predicted octanol–water partition coefficient (Wildman–Crippen LogP) is 5.36. The predicted molar refractivity (Wildman–Crippen MR) is 106 cm³/mol. The van der Waals surface area contributed by atoms with Gasteiger partial charge in [0.15, 0.2) is 23.2 Å². The number of hydrogen-bond donors (Lipinski definition) is 0. The molecule has 1 aromatic heterocycles. The van der Waals surface area contributed by atoms with Crippen molar-refractivity contribution in [2.75, 3.05) is 19.7 Å². The molecule has 0 radical (unpaired) electrons. The van der Waals surface area contributed by atoms with Gasteiger partial charge in [-0.25, -0.2) is 18.2 Å². The normalized spacial score (nSPS) is 17.3. The van der Waals surface area contributed by atoms with Gasteiger partial charge in [0, 0.05) is 19.0 Å². The van der Waals surface area contributed by atoms with Crippen molar-refractivity contribution < 1.29 is 22.3 Å². The van der Waals surface area contributed by atoms with Crippen LogP contribution in [0.5, 0.6) is 5.75 Å². The Morgan fingerprint density at radius 1 is 1.10 bits per heavy atom. The van der Waals surface area contributed by atoms with E-state index in [1.165, 1.54) is 18.2 Å². The summed E-state index contributed by atoms with van der Waals surface area (Å²) in [5.74, 6) is -1.06. The maximum atomic E-state index is 14.1. The van der Waals surface area contributed by atoms with Gasteiger partial charge >= 0.3 is 0 Å². The average molecular weight is 416 g/mol. The molecule has 0 N–H and O–H groups in total.